The summed E-state index contributed by atoms with van der Waals surface area (Å²) in [7, 11) is 0. The molecule has 0 aliphatic heterocycles. The molecule has 0 aromatic heterocycles. The molecule has 2 aromatic rings. The Morgan fingerprint density at radius 1 is 1.00 bits per heavy atom. The third kappa shape index (κ3) is 3.78. The monoisotopic (exact) mass is 343 g/mol. The molecular formula is C14H12BrF2NS. The number of hydrogen-bond donors (Lipinski definition) is 1. The first-order valence-electron chi connectivity index (χ1n) is 5.71. The van der Waals surface area contributed by atoms with Gasteiger partial charge in [0.25, 0.3) is 0 Å². The van der Waals surface area contributed by atoms with E-state index in [1.165, 1.54) is 17.8 Å². The molecule has 0 aliphatic carbocycles. The lowest BCUT2D eigenvalue weighted by Gasteiger charge is -2.07. The van der Waals surface area contributed by atoms with Crippen molar-refractivity contribution >= 4 is 27.7 Å². The van der Waals surface area contributed by atoms with E-state index >= 15 is 0 Å². The Morgan fingerprint density at radius 2 is 1.68 bits per heavy atom. The summed E-state index contributed by atoms with van der Waals surface area (Å²) in [6.07, 6.45) is 0.802. The zero-order chi connectivity index (χ0) is 13.8. The van der Waals surface area contributed by atoms with Crippen LogP contribution in [-0.2, 0) is 6.42 Å². The molecule has 0 saturated heterocycles. The van der Waals surface area contributed by atoms with Crippen LogP contribution in [0.1, 0.15) is 5.56 Å². The minimum Gasteiger partial charge on any atom is -0.330 e. The van der Waals surface area contributed by atoms with Gasteiger partial charge in [-0.3, -0.25) is 0 Å². The second-order valence-electron chi connectivity index (χ2n) is 3.97. The topological polar surface area (TPSA) is 26.0 Å². The fourth-order valence-corrected chi connectivity index (χ4v) is 3.24. The van der Waals surface area contributed by atoms with Crippen LogP contribution in [0.4, 0.5) is 8.78 Å². The maximum Gasteiger partial charge on any atom is 0.159 e. The van der Waals surface area contributed by atoms with Gasteiger partial charge in [-0.2, -0.15) is 0 Å². The molecule has 2 aromatic carbocycles. The van der Waals surface area contributed by atoms with Gasteiger partial charge in [-0.15, -0.1) is 0 Å². The molecule has 0 saturated carbocycles. The van der Waals surface area contributed by atoms with E-state index in [-0.39, 0.29) is 0 Å². The number of hydrogen-bond acceptors (Lipinski definition) is 2. The molecule has 1 nitrogen and oxygen atoms in total. The lowest BCUT2D eigenvalue weighted by Crippen LogP contribution is -2.03. The van der Waals surface area contributed by atoms with Crippen molar-refractivity contribution < 1.29 is 8.78 Å². The van der Waals surface area contributed by atoms with Gasteiger partial charge in [0.15, 0.2) is 11.6 Å². The van der Waals surface area contributed by atoms with Crippen LogP contribution >= 0.6 is 27.7 Å². The Balaban J connectivity index is 2.19. The lowest BCUT2D eigenvalue weighted by molar-refractivity contribution is 0.506. The van der Waals surface area contributed by atoms with Gasteiger partial charge in [0.2, 0.25) is 0 Å². The van der Waals surface area contributed by atoms with Gasteiger partial charge in [-0.1, -0.05) is 33.8 Å². The normalized spacial score (nSPS) is 10.7. The Bertz CT molecular complexity index is 590. The number of nitrogens with two attached hydrogens (primary N) is 1. The van der Waals surface area contributed by atoms with Crippen molar-refractivity contribution in [3.63, 3.8) is 0 Å². The summed E-state index contributed by atoms with van der Waals surface area (Å²) >= 11 is 4.87. The van der Waals surface area contributed by atoms with Gasteiger partial charge in [-0.05, 0) is 48.9 Å². The summed E-state index contributed by atoms with van der Waals surface area (Å²) in [5, 5.41) is 0. The molecule has 0 fully saturated rings. The van der Waals surface area contributed by atoms with Gasteiger partial charge in [-0.25, -0.2) is 8.78 Å². The van der Waals surface area contributed by atoms with Crippen molar-refractivity contribution in [2.24, 2.45) is 5.73 Å². The molecule has 0 amide bonds. The molecule has 19 heavy (non-hydrogen) atoms. The summed E-state index contributed by atoms with van der Waals surface area (Å²) in [5.41, 5.74) is 6.65. The molecule has 0 spiro atoms. The minimum atomic E-state index is -0.830. The highest BCUT2D eigenvalue weighted by atomic mass is 79.9. The Labute approximate surface area is 123 Å². The van der Waals surface area contributed by atoms with Gasteiger partial charge < -0.3 is 5.73 Å². The molecule has 0 heterocycles. The number of halogens is 3. The summed E-state index contributed by atoms with van der Waals surface area (Å²) in [4.78, 5) is 1.62. The van der Waals surface area contributed by atoms with E-state index in [1.807, 2.05) is 18.2 Å². The van der Waals surface area contributed by atoms with Crippen molar-refractivity contribution in [2.75, 3.05) is 6.54 Å². The zero-order valence-electron chi connectivity index (χ0n) is 10.00. The van der Waals surface area contributed by atoms with E-state index in [2.05, 4.69) is 15.9 Å². The van der Waals surface area contributed by atoms with Crippen LogP contribution in [0.15, 0.2) is 50.7 Å². The molecule has 5 heteroatoms. The largest absolute Gasteiger partial charge is 0.330 e. The molecule has 2 rings (SSSR count). The van der Waals surface area contributed by atoms with Gasteiger partial charge in [0.1, 0.15) is 0 Å². The van der Waals surface area contributed by atoms with Gasteiger partial charge in [0, 0.05) is 14.3 Å². The molecule has 0 aliphatic rings. The maximum atomic E-state index is 13.1. The van der Waals surface area contributed by atoms with E-state index in [0.717, 1.165) is 27.4 Å². The standard InChI is InChI=1S/C14H12BrF2NS/c15-12-7-10(2-1-9(12)5-6-18)19-11-3-4-13(16)14(17)8-11/h1-4,7-8H,5-6,18H2. The van der Waals surface area contributed by atoms with Gasteiger partial charge >= 0.3 is 0 Å². The summed E-state index contributed by atoms with van der Waals surface area (Å²) in [6.45, 7) is 0.592. The minimum absolute atomic E-state index is 0.592. The summed E-state index contributed by atoms with van der Waals surface area (Å²) in [5.74, 6) is -1.66. The first-order valence-corrected chi connectivity index (χ1v) is 7.32. The molecular weight excluding hydrogens is 332 g/mol. The smallest absolute Gasteiger partial charge is 0.159 e. The number of benzene rings is 2. The Kier molecular flexibility index (Phi) is 4.96. The van der Waals surface area contributed by atoms with Crippen molar-refractivity contribution in [3.05, 3.63) is 58.1 Å². The number of rotatable bonds is 4. The van der Waals surface area contributed by atoms with Crippen molar-refractivity contribution in [2.45, 2.75) is 16.2 Å². The molecule has 0 radical (unpaired) electrons. The average Bonchev–Trinajstić information content (AvgIpc) is 2.37. The predicted molar refractivity (Wildman–Crippen MR) is 77.4 cm³/mol. The molecule has 0 unspecified atom stereocenters. The second-order valence-corrected chi connectivity index (χ2v) is 5.97. The molecule has 0 bridgehead atoms. The van der Waals surface area contributed by atoms with E-state index in [0.29, 0.717) is 11.4 Å². The quantitative estimate of drug-likeness (QED) is 0.891. The molecule has 2 N–H and O–H groups in total. The molecule has 100 valence electrons. The average molecular weight is 344 g/mol. The van der Waals surface area contributed by atoms with Crippen LogP contribution in [0.5, 0.6) is 0 Å². The summed E-state index contributed by atoms with van der Waals surface area (Å²) in [6, 6.07) is 9.78. The van der Waals surface area contributed by atoms with E-state index < -0.39 is 11.6 Å². The van der Waals surface area contributed by atoms with E-state index in [1.54, 1.807) is 6.07 Å². The van der Waals surface area contributed by atoms with Crippen LogP contribution in [-0.4, -0.2) is 6.54 Å². The van der Waals surface area contributed by atoms with Crippen molar-refractivity contribution in [1.29, 1.82) is 0 Å². The lowest BCUT2D eigenvalue weighted by atomic mass is 10.1. The highest BCUT2D eigenvalue weighted by Crippen LogP contribution is 2.31. The Morgan fingerprint density at radius 3 is 2.32 bits per heavy atom. The zero-order valence-corrected chi connectivity index (χ0v) is 12.4. The fraction of sp³-hybridized carbons (Fsp3) is 0.143. The first-order chi connectivity index (χ1) is 9.10. The van der Waals surface area contributed by atoms with Crippen molar-refractivity contribution in [1.82, 2.24) is 0 Å². The first kappa shape index (κ1) is 14.5. The summed E-state index contributed by atoms with van der Waals surface area (Å²) < 4.78 is 26.9. The van der Waals surface area contributed by atoms with Crippen LogP contribution in [0, 0.1) is 11.6 Å². The van der Waals surface area contributed by atoms with E-state index in [9.17, 15) is 8.78 Å². The SMILES string of the molecule is NCCc1ccc(Sc2ccc(F)c(F)c2)cc1Br. The third-order valence-electron chi connectivity index (χ3n) is 2.56. The van der Waals surface area contributed by atoms with Crippen LogP contribution < -0.4 is 5.73 Å². The van der Waals surface area contributed by atoms with Crippen LogP contribution in [0.2, 0.25) is 0 Å². The predicted octanol–water partition coefficient (Wildman–Crippen LogP) is 4.38. The van der Waals surface area contributed by atoms with Crippen molar-refractivity contribution in [3.8, 4) is 0 Å². The fourth-order valence-electron chi connectivity index (χ4n) is 1.63. The molecule has 0 atom stereocenters. The van der Waals surface area contributed by atoms with Crippen LogP contribution in [0.3, 0.4) is 0 Å². The van der Waals surface area contributed by atoms with Crippen LogP contribution in [0.25, 0.3) is 0 Å². The second kappa shape index (κ2) is 6.50. The Hall–Kier alpha value is -0.910. The highest BCUT2D eigenvalue weighted by Gasteiger charge is 2.06. The highest BCUT2D eigenvalue weighted by molar-refractivity contribution is 9.10. The van der Waals surface area contributed by atoms with E-state index in [4.69, 9.17) is 5.73 Å². The maximum absolute atomic E-state index is 13.1. The third-order valence-corrected chi connectivity index (χ3v) is 4.28. The van der Waals surface area contributed by atoms with Gasteiger partial charge in [0.05, 0.1) is 0 Å².